The van der Waals surface area contributed by atoms with E-state index in [0.717, 1.165) is 17.8 Å². The van der Waals surface area contributed by atoms with Gasteiger partial charge in [0.1, 0.15) is 0 Å². The van der Waals surface area contributed by atoms with Crippen molar-refractivity contribution in [3.8, 4) is 5.69 Å². The molecule has 2 N–H and O–H groups in total. The summed E-state index contributed by atoms with van der Waals surface area (Å²) in [4.78, 5) is 12.4. The number of aliphatic hydroxyl groups excluding tert-OH is 1. The van der Waals surface area contributed by atoms with Crippen LogP contribution in [-0.2, 0) is 6.42 Å². The smallest absolute Gasteiger partial charge is 0.254 e. The molecule has 124 valence electrons. The van der Waals surface area contributed by atoms with E-state index in [1.807, 2.05) is 48.9 Å². The third kappa shape index (κ3) is 4.42. The summed E-state index contributed by atoms with van der Waals surface area (Å²) in [5.74, 6) is 0.120. The first-order chi connectivity index (χ1) is 11.0. The molecule has 0 spiro atoms. The maximum atomic E-state index is 12.4. The summed E-state index contributed by atoms with van der Waals surface area (Å²) in [6, 6.07) is 9.80. The third-order valence-corrected chi connectivity index (χ3v) is 3.80. The highest BCUT2D eigenvalue weighted by molar-refractivity contribution is 5.95. The number of hydrogen-bond donors (Lipinski definition) is 2. The quantitative estimate of drug-likeness (QED) is 0.825. The fraction of sp³-hybridized carbons (Fsp3) is 0.444. The standard InChI is InChI=1S/C18H25N3O2/c1-4-17-16(18(23)19-11-13(2)10-14(3)22)12-20-21(17)15-8-6-5-7-9-15/h5-9,12-14,22H,4,10-11H2,1-3H3,(H,19,23). The van der Waals surface area contributed by atoms with Crippen molar-refractivity contribution in [1.29, 1.82) is 0 Å². The summed E-state index contributed by atoms with van der Waals surface area (Å²) in [5, 5.41) is 16.7. The van der Waals surface area contributed by atoms with E-state index in [-0.39, 0.29) is 17.9 Å². The van der Waals surface area contributed by atoms with Crippen LogP contribution in [0.3, 0.4) is 0 Å². The van der Waals surface area contributed by atoms with Gasteiger partial charge in [-0.05, 0) is 37.8 Å². The van der Waals surface area contributed by atoms with Crippen molar-refractivity contribution < 1.29 is 9.90 Å². The number of hydrogen-bond acceptors (Lipinski definition) is 3. The molecule has 0 fully saturated rings. The molecule has 0 saturated carbocycles. The Bertz CT molecular complexity index is 635. The Balaban J connectivity index is 2.11. The van der Waals surface area contributed by atoms with E-state index in [2.05, 4.69) is 10.4 Å². The summed E-state index contributed by atoms with van der Waals surface area (Å²) in [7, 11) is 0. The number of aliphatic hydroxyl groups is 1. The molecular weight excluding hydrogens is 290 g/mol. The second-order valence-corrected chi connectivity index (χ2v) is 6.01. The zero-order chi connectivity index (χ0) is 16.8. The molecule has 2 aromatic rings. The van der Waals surface area contributed by atoms with Crippen LogP contribution in [0.2, 0.25) is 0 Å². The SMILES string of the molecule is CCc1c(C(=O)NCC(C)CC(C)O)cnn1-c1ccccc1. The van der Waals surface area contributed by atoms with E-state index in [1.54, 1.807) is 13.1 Å². The molecule has 0 radical (unpaired) electrons. The first-order valence-corrected chi connectivity index (χ1v) is 8.11. The lowest BCUT2D eigenvalue weighted by Gasteiger charge is -2.14. The van der Waals surface area contributed by atoms with Gasteiger partial charge < -0.3 is 10.4 Å². The zero-order valence-corrected chi connectivity index (χ0v) is 14.0. The Labute approximate surface area is 137 Å². The Hall–Kier alpha value is -2.14. The molecule has 0 aliphatic carbocycles. The maximum Gasteiger partial charge on any atom is 0.254 e. The van der Waals surface area contributed by atoms with Crippen LogP contribution in [0.4, 0.5) is 0 Å². The van der Waals surface area contributed by atoms with Crippen LogP contribution in [0.15, 0.2) is 36.5 Å². The molecule has 0 aliphatic rings. The highest BCUT2D eigenvalue weighted by Crippen LogP contribution is 2.16. The number of amides is 1. The van der Waals surface area contributed by atoms with Crippen molar-refractivity contribution in [2.75, 3.05) is 6.54 Å². The largest absolute Gasteiger partial charge is 0.393 e. The average Bonchev–Trinajstić information content (AvgIpc) is 2.96. The van der Waals surface area contributed by atoms with Gasteiger partial charge >= 0.3 is 0 Å². The van der Waals surface area contributed by atoms with E-state index in [4.69, 9.17) is 0 Å². The molecule has 2 rings (SSSR count). The Morgan fingerprint density at radius 3 is 2.61 bits per heavy atom. The topological polar surface area (TPSA) is 67.2 Å². The molecule has 1 amide bonds. The Kier molecular flexibility index (Phi) is 5.93. The summed E-state index contributed by atoms with van der Waals surface area (Å²) in [6.07, 6.45) is 2.67. The average molecular weight is 315 g/mol. The minimum atomic E-state index is -0.353. The van der Waals surface area contributed by atoms with Crippen molar-refractivity contribution >= 4 is 5.91 Å². The number of carbonyl (C=O) groups excluding carboxylic acids is 1. The molecule has 1 heterocycles. The lowest BCUT2D eigenvalue weighted by atomic mass is 10.0. The number of nitrogens with zero attached hydrogens (tertiary/aromatic N) is 2. The molecular formula is C18H25N3O2. The summed E-state index contributed by atoms with van der Waals surface area (Å²) in [6.45, 7) is 6.34. The first-order valence-electron chi connectivity index (χ1n) is 8.11. The van der Waals surface area contributed by atoms with Crippen LogP contribution in [0, 0.1) is 5.92 Å². The van der Waals surface area contributed by atoms with Gasteiger partial charge in [0.05, 0.1) is 29.2 Å². The van der Waals surface area contributed by atoms with Crippen molar-refractivity contribution in [2.24, 2.45) is 5.92 Å². The molecule has 0 bridgehead atoms. The minimum Gasteiger partial charge on any atom is -0.393 e. The van der Waals surface area contributed by atoms with Crippen molar-refractivity contribution in [1.82, 2.24) is 15.1 Å². The van der Waals surface area contributed by atoms with E-state index >= 15 is 0 Å². The van der Waals surface area contributed by atoms with Crippen LogP contribution in [0.25, 0.3) is 5.69 Å². The fourth-order valence-electron chi connectivity index (χ4n) is 2.72. The predicted molar refractivity (Wildman–Crippen MR) is 90.7 cm³/mol. The van der Waals surface area contributed by atoms with E-state index in [0.29, 0.717) is 18.5 Å². The number of benzene rings is 1. The molecule has 5 nitrogen and oxygen atoms in total. The zero-order valence-electron chi connectivity index (χ0n) is 14.0. The van der Waals surface area contributed by atoms with E-state index < -0.39 is 0 Å². The number of para-hydroxylation sites is 1. The third-order valence-electron chi connectivity index (χ3n) is 3.80. The van der Waals surface area contributed by atoms with Crippen LogP contribution in [0.1, 0.15) is 43.2 Å². The monoisotopic (exact) mass is 315 g/mol. The minimum absolute atomic E-state index is 0.110. The van der Waals surface area contributed by atoms with Gasteiger partial charge in [0.15, 0.2) is 0 Å². The van der Waals surface area contributed by atoms with Crippen LogP contribution in [-0.4, -0.2) is 33.4 Å². The summed E-state index contributed by atoms with van der Waals surface area (Å²) in [5.41, 5.74) is 2.46. The van der Waals surface area contributed by atoms with Gasteiger partial charge in [-0.3, -0.25) is 4.79 Å². The van der Waals surface area contributed by atoms with Crippen molar-refractivity contribution in [3.05, 3.63) is 47.8 Å². The van der Waals surface area contributed by atoms with Gasteiger partial charge in [0.25, 0.3) is 5.91 Å². The highest BCUT2D eigenvalue weighted by atomic mass is 16.3. The van der Waals surface area contributed by atoms with Crippen LogP contribution < -0.4 is 5.32 Å². The van der Waals surface area contributed by atoms with Crippen LogP contribution in [0.5, 0.6) is 0 Å². The van der Waals surface area contributed by atoms with E-state index in [1.165, 1.54) is 0 Å². The summed E-state index contributed by atoms with van der Waals surface area (Å²) >= 11 is 0. The second-order valence-electron chi connectivity index (χ2n) is 6.01. The lowest BCUT2D eigenvalue weighted by molar-refractivity contribution is 0.0938. The number of aromatic nitrogens is 2. The summed E-state index contributed by atoms with van der Waals surface area (Å²) < 4.78 is 1.81. The molecule has 2 atom stereocenters. The van der Waals surface area contributed by atoms with E-state index in [9.17, 15) is 9.90 Å². The Morgan fingerprint density at radius 2 is 2.00 bits per heavy atom. The van der Waals surface area contributed by atoms with Gasteiger partial charge in [-0.1, -0.05) is 32.0 Å². The van der Waals surface area contributed by atoms with Gasteiger partial charge in [-0.2, -0.15) is 5.10 Å². The van der Waals surface area contributed by atoms with Crippen molar-refractivity contribution in [2.45, 2.75) is 39.7 Å². The molecule has 1 aromatic carbocycles. The number of nitrogens with one attached hydrogen (secondary N) is 1. The predicted octanol–water partition coefficient (Wildman–Crippen LogP) is 2.57. The van der Waals surface area contributed by atoms with Gasteiger partial charge in [-0.15, -0.1) is 0 Å². The highest BCUT2D eigenvalue weighted by Gasteiger charge is 2.17. The molecule has 23 heavy (non-hydrogen) atoms. The molecule has 1 aromatic heterocycles. The second kappa shape index (κ2) is 7.92. The first kappa shape index (κ1) is 17.2. The van der Waals surface area contributed by atoms with Crippen LogP contribution >= 0.6 is 0 Å². The number of rotatable bonds is 7. The van der Waals surface area contributed by atoms with Gasteiger partial charge in [-0.25, -0.2) is 4.68 Å². The fourth-order valence-corrected chi connectivity index (χ4v) is 2.72. The maximum absolute atomic E-state index is 12.4. The lowest BCUT2D eigenvalue weighted by Crippen LogP contribution is -2.30. The Morgan fingerprint density at radius 1 is 1.30 bits per heavy atom. The molecule has 2 unspecified atom stereocenters. The van der Waals surface area contributed by atoms with Crippen molar-refractivity contribution in [3.63, 3.8) is 0 Å². The normalized spacial score (nSPS) is 13.6. The van der Waals surface area contributed by atoms with Gasteiger partial charge in [0, 0.05) is 6.54 Å². The van der Waals surface area contributed by atoms with Gasteiger partial charge in [0.2, 0.25) is 0 Å². The molecule has 0 aliphatic heterocycles. The molecule has 5 heteroatoms. The number of carbonyl (C=O) groups is 1. The molecule has 0 saturated heterocycles.